The first-order valence-corrected chi connectivity index (χ1v) is 5.72. The van der Waals surface area contributed by atoms with Crippen LogP contribution >= 0.6 is 11.6 Å². The van der Waals surface area contributed by atoms with Crippen LogP contribution in [0.15, 0.2) is 18.5 Å². The number of aromatic nitrogens is 1. The number of nitrogens with zero attached hydrogens (tertiary/aromatic N) is 2. The van der Waals surface area contributed by atoms with Gasteiger partial charge in [-0.1, -0.05) is 11.6 Å². The molecule has 0 aliphatic carbocycles. The largest absolute Gasteiger partial charge is 0.334 e. The summed E-state index contributed by atoms with van der Waals surface area (Å²) in [4.78, 5) is 17.9. The van der Waals surface area contributed by atoms with E-state index in [-0.39, 0.29) is 11.9 Å². The van der Waals surface area contributed by atoms with Gasteiger partial charge >= 0.3 is 0 Å². The minimum absolute atomic E-state index is 0.0413. The van der Waals surface area contributed by atoms with Gasteiger partial charge in [-0.15, -0.1) is 0 Å². The topological polar surface area (TPSA) is 59.2 Å². The Labute approximate surface area is 99.4 Å². The summed E-state index contributed by atoms with van der Waals surface area (Å²) in [5.41, 5.74) is 6.15. The van der Waals surface area contributed by atoms with Crippen molar-refractivity contribution in [3.05, 3.63) is 29.0 Å². The van der Waals surface area contributed by atoms with E-state index in [0.717, 1.165) is 19.4 Å². The molecule has 1 fully saturated rings. The van der Waals surface area contributed by atoms with Crippen LogP contribution in [-0.4, -0.2) is 34.9 Å². The third-order valence-corrected chi connectivity index (χ3v) is 3.21. The molecule has 1 aliphatic rings. The smallest absolute Gasteiger partial charge is 0.255 e. The molecule has 2 rings (SSSR count). The molecular formula is C11H14ClN3O. The summed E-state index contributed by atoms with van der Waals surface area (Å²) in [6.45, 7) is 1.27. The van der Waals surface area contributed by atoms with Crippen molar-refractivity contribution in [2.75, 3.05) is 13.1 Å². The van der Waals surface area contributed by atoms with E-state index in [1.807, 2.05) is 0 Å². The molecule has 2 N–H and O–H groups in total. The molecule has 0 spiro atoms. The monoisotopic (exact) mass is 239 g/mol. The minimum Gasteiger partial charge on any atom is -0.334 e. The quantitative estimate of drug-likeness (QED) is 0.846. The number of pyridine rings is 1. The molecule has 1 aromatic rings. The Bertz CT molecular complexity index is 397. The first kappa shape index (κ1) is 11.4. The highest BCUT2D eigenvalue weighted by Crippen LogP contribution is 2.22. The zero-order chi connectivity index (χ0) is 11.5. The van der Waals surface area contributed by atoms with Gasteiger partial charge in [-0.2, -0.15) is 0 Å². The molecular weight excluding hydrogens is 226 g/mol. The van der Waals surface area contributed by atoms with Crippen molar-refractivity contribution in [2.45, 2.75) is 18.9 Å². The van der Waals surface area contributed by atoms with Gasteiger partial charge in [0, 0.05) is 31.5 Å². The Morgan fingerprint density at radius 1 is 1.69 bits per heavy atom. The van der Waals surface area contributed by atoms with Crippen LogP contribution in [0.5, 0.6) is 0 Å². The van der Waals surface area contributed by atoms with Gasteiger partial charge in [0.1, 0.15) is 0 Å². The zero-order valence-corrected chi connectivity index (χ0v) is 9.65. The highest BCUT2D eigenvalue weighted by Gasteiger charge is 2.29. The van der Waals surface area contributed by atoms with Crippen molar-refractivity contribution in [2.24, 2.45) is 5.73 Å². The van der Waals surface area contributed by atoms with Crippen LogP contribution in [0.2, 0.25) is 5.02 Å². The van der Waals surface area contributed by atoms with Gasteiger partial charge in [0.05, 0.1) is 10.6 Å². The van der Waals surface area contributed by atoms with Gasteiger partial charge in [-0.25, -0.2) is 0 Å². The van der Waals surface area contributed by atoms with Crippen LogP contribution in [0, 0.1) is 0 Å². The van der Waals surface area contributed by atoms with Crippen molar-refractivity contribution < 1.29 is 4.79 Å². The van der Waals surface area contributed by atoms with E-state index in [4.69, 9.17) is 17.3 Å². The molecule has 1 atom stereocenters. The first-order valence-electron chi connectivity index (χ1n) is 5.34. The molecule has 0 aromatic carbocycles. The molecule has 0 bridgehead atoms. The standard InChI is InChI=1S/C11H14ClN3O/c12-10-7-14-4-3-9(10)11(16)15-5-1-2-8(15)6-13/h3-4,7-8H,1-2,5-6,13H2. The van der Waals surface area contributed by atoms with E-state index < -0.39 is 0 Å². The van der Waals surface area contributed by atoms with Crippen LogP contribution in [0.25, 0.3) is 0 Å². The Hall–Kier alpha value is -1.13. The first-order chi connectivity index (χ1) is 7.74. The van der Waals surface area contributed by atoms with Gasteiger partial charge in [0.25, 0.3) is 5.91 Å². The summed E-state index contributed by atoms with van der Waals surface area (Å²) >= 11 is 5.95. The molecule has 16 heavy (non-hydrogen) atoms. The lowest BCUT2D eigenvalue weighted by molar-refractivity contribution is 0.0741. The van der Waals surface area contributed by atoms with Crippen LogP contribution in [-0.2, 0) is 0 Å². The fraction of sp³-hybridized carbons (Fsp3) is 0.455. The molecule has 0 saturated carbocycles. The SMILES string of the molecule is NCC1CCCN1C(=O)c1ccncc1Cl. The zero-order valence-electron chi connectivity index (χ0n) is 8.90. The van der Waals surface area contributed by atoms with Gasteiger partial charge in [0.15, 0.2) is 0 Å². The number of hydrogen-bond acceptors (Lipinski definition) is 3. The normalized spacial score (nSPS) is 20.1. The van der Waals surface area contributed by atoms with E-state index in [1.54, 1.807) is 17.2 Å². The number of amides is 1. The van der Waals surface area contributed by atoms with Crippen LogP contribution in [0.4, 0.5) is 0 Å². The van der Waals surface area contributed by atoms with Gasteiger partial charge in [-0.3, -0.25) is 9.78 Å². The number of nitrogens with two attached hydrogens (primary N) is 1. The van der Waals surface area contributed by atoms with Crippen molar-refractivity contribution >= 4 is 17.5 Å². The molecule has 1 unspecified atom stereocenters. The van der Waals surface area contributed by atoms with E-state index in [0.29, 0.717) is 17.1 Å². The maximum Gasteiger partial charge on any atom is 0.255 e. The number of rotatable bonds is 2. The Balaban J connectivity index is 2.22. The molecule has 2 heterocycles. The lowest BCUT2D eigenvalue weighted by Crippen LogP contribution is -2.40. The van der Waals surface area contributed by atoms with Gasteiger partial charge < -0.3 is 10.6 Å². The van der Waals surface area contributed by atoms with Crippen molar-refractivity contribution in [1.29, 1.82) is 0 Å². The van der Waals surface area contributed by atoms with Crippen molar-refractivity contribution in [3.8, 4) is 0 Å². The summed E-state index contributed by atoms with van der Waals surface area (Å²) in [6, 6.07) is 1.80. The van der Waals surface area contributed by atoms with E-state index in [9.17, 15) is 4.79 Å². The maximum atomic E-state index is 12.2. The molecule has 1 amide bonds. The summed E-state index contributed by atoms with van der Waals surface area (Å²) in [5, 5.41) is 0.398. The van der Waals surface area contributed by atoms with Crippen molar-refractivity contribution in [3.63, 3.8) is 0 Å². The summed E-state index contributed by atoms with van der Waals surface area (Å²) < 4.78 is 0. The predicted molar refractivity (Wildman–Crippen MR) is 62.4 cm³/mol. The Morgan fingerprint density at radius 3 is 3.19 bits per heavy atom. The summed E-state index contributed by atoms with van der Waals surface area (Å²) in [7, 11) is 0. The molecule has 1 aromatic heterocycles. The number of halogens is 1. The van der Waals surface area contributed by atoms with Crippen LogP contribution < -0.4 is 5.73 Å². The lowest BCUT2D eigenvalue weighted by Gasteiger charge is -2.23. The molecule has 1 saturated heterocycles. The number of carbonyl (C=O) groups excluding carboxylic acids is 1. The highest BCUT2D eigenvalue weighted by molar-refractivity contribution is 6.33. The van der Waals surface area contributed by atoms with Gasteiger partial charge in [0.2, 0.25) is 0 Å². The third-order valence-electron chi connectivity index (χ3n) is 2.91. The average Bonchev–Trinajstić information content (AvgIpc) is 2.77. The molecule has 0 radical (unpaired) electrons. The molecule has 5 heteroatoms. The fourth-order valence-corrected chi connectivity index (χ4v) is 2.25. The number of carbonyl (C=O) groups is 1. The second-order valence-corrected chi connectivity index (χ2v) is 4.29. The second-order valence-electron chi connectivity index (χ2n) is 3.89. The predicted octanol–water partition coefficient (Wildman–Crippen LogP) is 1.30. The van der Waals surface area contributed by atoms with E-state index >= 15 is 0 Å². The summed E-state index contributed by atoms with van der Waals surface area (Å²) in [5.74, 6) is -0.0413. The third kappa shape index (κ3) is 2.03. The van der Waals surface area contributed by atoms with Crippen molar-refractivity contribution in [1.82, 2.24) is 9.88 Å². The summed E-state index contributed by atoms with van der Waals surface area (Å²) in [6.07, 6.45) is 5.05. The lowest BCUT2D eigenvalue weighted by atomic mass is 10.2. The number of likely N-dealkylation sites (tertiary alicyclic amines) is 1. The van der Waals surface area contributed by atoms with E-state index in [2.05, 4.69) is 4.98 Å². The van der Waals surface area contributed by atoms with Gasteiger partial charge in [-0.05, 0) is 18.9 Å². The molecule has 4 nitrogen and oxygen atoms in total. The van der Waals surface area contributed by atoms with Crippen LogP contribution in [0.1, 0.15) is 23.2 Å². The second kappa shape index (κ2) is 4.80. The molecule has 86 valence electrons. The molecule has 1 aliphatic heterocycles. The fourth-order valence-electron chi connectivity index (χ4n) is 2.05. The minimum atomic E-state index is -0.0413. The Kier molecular flexibility index (Phi) is 3.41. The number of hydrogen-bond donors (Lipinski definition) is 1. The van der Waals surface area contributed by atoms with Crippen LogP contribution in [0.3, 0.4) is 0 Å². The van der Waals surface area contributed by atoms with E-state index in [1.165, 1.54) is 6.20 Å². The Morgan fingerprint density at radius 2 is 2.50 bits per heavy atom. The average molecular weight is 240 g/mol. The maximum absolute atomic E-state index is 12.2. The highest BCUT2D eigenvalue weighted by atomic mass is 35.5.